The highest BCUT2D eigenvalue weighted by molar-refractivity contribution is 6.18. The first-order valence-corrected chi connectivity index (χ1v) is 22.2. The van der Waals surface area contributed by atoms with Crippen molar-refractivity contribution in [1.82, 2.24) is 9.13 Å². The van der Waals surface area contributed by atoms with E-state index in [9.17, 15) is 0 Å². The van der Waals surface area contributed by atoms with E-state index >= 15 is 0 Å². The van der Waals surface area contributed by atoms with Crippen molar-refractivity contribution < 1.29 is 4.42 Å². The number of hydrogen-bond acceptors (Lipinski definition) is 1. The predicted molar refractivity (Wildman–Crippen MR) is 263 cm³/mol. The third-order valence-electron chi connectivity index (χ3n) is 14.9. The van der Waals surface area contributed by atoms with Gasteiger partial charge in [-0.05, 0) is 128 Å². The summed E-state index contributed by atoms with van der Waals surface area (Å²) in [5.74, 6) is 0. The van der Waals surface area contributed by atoms with Crippen LogP contribution in [-0.2, 0) is 10.8 Å². The minimum Gasteiger partial charge on any atom is -0.456 e. The summed E-state index contributed by atoms with van der Waals surface area (Å²) in [7, 11) is 0. The molecule has 0 saturated carbocycles. The molecule has 298 valence electrons. The van der Waals surface area contributed by atoms with E-state index in [0.717, 1.165) is 33.1 Å². The minimum atomic E-state index is -0.112. The van der Waals surface area contributed by atoms with E-state index in [-0.39, 0.29) is 10.8 Å². The molecule has 3 nitrogen and oxygen atoms in total. The maximum Gasteiger partial charge on any atom is 0.137 e. The van der Waals surface area contributed by atoms with Gasteiger partial charge in [0.15, 0.2) is 0 Å². The Hall–Kier alpha value is -7.62. The number of benzene rings is 9. The van der Waals surface area contributed by atoms with E-state index in [4.69, 9.17) is 4.42 Å². The van der Waals surface area contributed by atoms with Gasteiger partial charge in [-0.25, -0.2) is 0 Å². The van der Waals surface area contributed by atoms with Gasteiger partial charge in [0.2, 0.25) is 0 Å². The first-order chi connectivity index (χ1) is 30.7. The standard InChI is InChI=1S/C60H42N2O/c1-59(2)49-19-11-8-16-39(49)41-25-24-38(30-51(41)59)62-54-26-22-35(28-44(54)46-31-43-40-17-9-12-20-50(40)60(3,4)52(43)33-55(46)62)36-23-27-57-47(29-36)48-32-45-42-18-10-13-21-53(42)61(37-14-6-5-7-15-37)56(45)34-58(48)63-57/h5-34H,1-4H3. The lowest BCUT2D eigenvalue weighted by Crippen LogP contribution is -2.15. The van der Waals surface area contributed by atoms with Crippen LogP contribution < -0.4 is 0 Å². The molecule has 0 aliphatic heterocycles. The molecule has 0 amide bonds. The molecule has 0 saturated heterocycles. The van der Waals surface area contributed by atoms with Crippen LogP contribution in [0.1, 0.15) is 49.9 Å². The quantitative estimate of drug-likeness (QED) is 0.174. The zero-order chi connectivity index (χ0) is 41.9. The minimum absolute atomic E-state index is 0.0978. The summed E-state index contributed by atoms with van der Waals surface area (Å²) in [6, 6.07) is 67.7. The van der Waals surface area contributed by atoms with Gasteiger partial charge < -0.3 is 13.6 Å². The molecule has 0 radical (unpaired) electrons. The summed E-state index contributed by atoms with van der Waals surface area (Å²) in [5.41, 5.74) is 22.0. The number of rotatable bonds is 3. The van der Waals surface area contributed by atoms with Crippen LogP contribution in [0.25, 0.3) is 110 Å². The van der Waals surface area contributed by atoms with Gasteiger partial charge in [0.05, 0.1) is 22.1 Å². The van der Waals surface area contributed by atoms with Crippen molar-refractivity contribution in [3.05, 3.63) is 204 Å². The highest BCUT2D eigenvalue weighted by Gasteiger charge is 2.38. The summed E-state index contributed by atoms with van der Waals surface area (Å²) in [6.07, 6.45) is 0. The number of nitrogens with zero attached hydrogens (tertiary/aromatic N) is 2. The fourth-order valence-corrected chi connectivity index (χ4v) is 11.8. The fourth-order valence-electron chi connectivity index (χ4n) is 11.8. The van der Waals surface area contributed by atoms with Gasteiger partial charge >= 0.3 is 0 Å². The first-order valence-electron chi connectivity index (χ1n) is 22.2. The van der Waals surface area contributed by atoms with Crippen LogP contribution in [0.2, 0.25) is 0 Å². The third kappa shape index (κ3) is 4.59. The van der Waals surface area contributed by atoms with E-state index in [1.807, 2.05) is 0 Å². The monoisotopic (exact) mass is 806 g/mol. The van der Waals surface area contributed by atoms with Crippen molar-refractivity contribution in [3.8, 4) is 44.8 Å². The SMILES string of the molecule is CC1(C)c2ccccc2-c2ccc(-n3c4ccc(-c5ccc6oc7cc8c(cc7c6c5)c5ccccc5n8-c5ccccc5)cc4c4cc5c(cc43)C(C)(C)c3ccccc3-5)cc21. The smallest absolute Gasteiger partial charge is 0.137 e. The van der Waals surface area contributed by atoms with E-state index in [2.05, 4.69) is 219 Å². The Kier molecular flexibility index (Phi) is 6.70. The molecule has 2 aliphatic carbocycles. The molecule has 0 bridgehead atoms. The molecular formula is C60H42N2O. The Morgan fingerprint density at radius 1 is 0.317 bits per heavy atom. The highest BCUT2D eigenvalue weighted by atomic mass is 16.3. The highest BCUT2D eigenvalue weighted by Crippen LogP contribution is 2.53. The van der Waals surface area contributed by atoms with E-state index in [1.54, 1.807) is 0 Å². The van der Waals surface area contributed by atoms with Crippen molar-refractivity contribution >= 4 is 65.6 Å². The average molecular weight is 807 g/mol. The van der Waals surface area contributed by atoms with Gasteiger partial charge in [0.1, 0.15) is 11.2 Å². The number of hydrogen-bond donors (Lipinski definition) is 0. The summed E-state index contributed by atoms with van der Waals surface area (Å²) in [5, 5.41) is 7.24. The molecule has 0 spiro atoms. The lowest BCUT2D eigenvalue weighted by atomic mass is 9.82. The second-order valence-corrected chi connectivity index (χ2v) is 18.9. The Morgan fingerprint density at radius 3 is 1.67 bits per heavy atom. The zero-order valence-corrected chi connectivity index (χ0v) is 35.6. The van der Waals surface area contributed by atoms with Crippen LogP contribution in [-0.4, -0.2) is 9.13 Å². The van der Waals surface area contributed by atoms with Crippen molar-refractivity contribution in [3.63, 3.8) is 0 Å². The first kappa shape index (κ1) is 35.0. The molecule has 3 heterocycles. The molecule has 3 aromatic heterocycles. The molecule has 9 aromatic carbocycles. The van der Waals surface area contributed by atoms with Crippen LogP contribution >= 0.6 is 0 Å². The summed E-state index contributed by atoms with van der Waals surface area (Å²) < 4.78 is 11.5. The second kappa shape index (κ2) is 12.1. The van der Waals surface area contributed by atoms with E-state index in [1.165, 1.54) is 99.4 Å². The van der Waals surface area contributed by atoms with Crippen molar-refractivity contribution in [2.24, 2.45) is 0 Å². The van der Waals surface area contributed by atoms with Gasteiger partial charge in [-0.3, -0.25) is 0 Å². The topological polar surface area (TPSA) is 23.0 Å². The summed E-state index contributed by atoms with van der Waals surface area (Å²) in [6.45, 7) is 9.51. The third-order valence-corrected chi connectivity index (χ3v) is 14.9. The molecular weight excluding hydrogens is 765 g/mol. The fraction of sp³-hybridized carbons (Fsp3) is 0.100. The molecule has 12 aromatic rings. The van der Waals surface area contributed by atoms with Crippen molar-refractivity contribution in [1.29, 1.82) is 0 Å². The molecule has 0 N–H and O–H groups in total. The van der Waals surface area contributed by atoms with Crippen molar-refractivity contribution in [2.45, 2.75) is 38.5 Å². The normalized spacial score (nSPS) is 14.6. The maximum absolute atomic E-state index is 6.66. The van der Waals surface area contributed by atoms with Gasteiger partial charge in [0, 0.05) is 60.6 Å². The molecule has 14 rings (SSSR count). The predicted octanol–water partition coefficient (Wildman–Crippen LogP) is 16.1. The van der Waals surface area contributed by atoms with Crippen LogP contribution in [0.15, 0.2) is 186 Å². The van der Waals surface area contributed by atoms with E-state index < -0.39 is 0 Å². The number of furan rings is 1. The van der Waals surface area contributed by atoms with Gasteiger partial charge in [-0.2, -0.15) is 0 Å². The van der Waals surface area contributed by atoms with E-state index in [0.29, 0.717) is 0 Å². The molecule has 0 fully saturated rings. The van der Waals surface area contributed by atoms with Crippen LogP contribution in [0, 0.1) is 0 Å². The Labute approximate surface area is 365 Å². The number of para-hydroxylation sites is 2. The van der Waals surface area contributed by atoms with Gasteiger partial charge in [-0.1, -0.05) is 131 Å². The maximum atomic E-state index is 6.66. The summed E-state index contributed by atoms with van der Waals surface area (Å²) in [4.78, 5) is 0. The van der Waals surface area contributed by atoms with Crippen LogP contribution in [0.4, 0.5) is 0 Å². The average Bonchev–Trinajstić information content (AvgIpc) is 4.06. The number of aromatic nitrogens is 2. The molecule has 2 aliphatic rings. The van der Waals surface area contributed by atoms with Gasteiger partial charge in [-0.15, -0.1) is 0 Å². The molecule has 63 heavy (non-hydrogen) atoms. The van der Waals surface area contributed by atoms with Crippen LogP contribution in [0.3, 0.4) is 0 Å². The largest absolute Gasteiger partial charge is 0.456 e. The zero-order valence-electron chi connectivity index (χ0n) is 35.6. The lowest BCUT2D eigenvalue weighted by molar-refractivity contribution is 0.659. The Bertz CT molecular complexity index is 3960. The van der Waals surface area contributed by atoms with Crippen LogP contribution in [0.5, 0.6) is 0 Å². The second-order valence-electron chi connectivity index (χ2n) is 18.9. The molecule has 0 unspecified atom stereocenters. The van der Waals surface area contributed by atoms with Crippen molar-refractivity contribution in [2.75, 3.05) is 0 Å². The molecule has 3 heteroatoms. The van der Waals surface area contributed by atoms with Gasteiger partial charge in [0.25, 0.3) is 0 Å². The number of fused-ring (bicyclic) bond motifs is 15. The summed E-state index contributed by atoms with van der Waals surface area (Å²) >= 11 is 0. The molecule has 0 atom stereocenters. The lowest BCUT2D eigenvalue weighted by Gasteiger charge is -2.23. The Balaban J connectivity index is 0.983. The Morgan fingerprint density at radius 2 is 0.873 bits per heavy atom.